The summed E-state index contributed by atoms with van der Waals surface area (Å²) in [6.07, 6.45) is 2.30. The first-order valence-electron chi connectivity index (χ1n) is 3.91. The first-order valence-corrected chi connectivity index (χ1v) is 4.99. The molecule has 3 atom stereocenters. The molecule has 2 aliphatic rings. The van der Waals surface area contributed by atoms with Crippen LogP contribution < -0.4 is 3.53 Å². The van der Waals surface area contributed by atoms with Gasteiger partial charge in [0.15, 0.2) is 0 Å². The van der Waals surface area contributed by atoms with Gasteiger partial charge in [0.05, 0.1) is 5.60 Å². The zero-order chi connectivity index (χ0) is 8.06. The monoisotopic (exact) mass is 269 g/mol. The first-order chi connectivity index (χ1) is 5.17. The van der Waals surface area contributed by atoms with Crippen molar-refractivity contribution in [2.75, 3.05) is 0 Å². The Balaban J connectivity index is 1.87. The standard InChI is InChI=1S/C7H12INO2/c1-4(7(10)2-3-7)5-6(9-8)11-5/h4-6,9-10H,2-3H2,1H3. The second-order valence-corrected chi connectivity index (χ2v) is 4.15. The van der Waals surface area contributed by atoms with Crippen molar-refractivity contribution in [3.05, 3.63) is 0 Å². The van der Waals surface area contributed by atoms with Crippen molar-refractivity contribution in [2.45, 2.75) is 37.7 Å². The molecule has 0 aromatic heterocycles. The van der Waals surface area contributed by atoms with Crippen molar-refractivity contribution in [3.8, 4) is 0 Å². The van der Waals surface area contributed by atoms with Crippen LogP contribution >= 0.6 is 22.9 Å². The summed E-state index contributed by atoms with van der Waals surface area (Å²) in [7, 11) is 0. The van der Waals surface area contributed by atoms with Crippen molar-refractivity contribution in [3.63, 3.8) is 0 Å². The lowest BCUT2D eigenvalue weighted by Crippen LogP contribution is -2.26. The van der Waals surface area contributed by atoms with Gasteiger partial charge in [-0.2, -0.15) is 0 Å². The molecular formula is C7H12INO2. The van der Waals surface area contributed by atoms with Crippen LogP contribution in [0.3, 0.4) is 0 Å². The summed E-state index contributed by atoms with van der Waals surface area (Å²) in [4.78, 5) is 0. The smallest absolute Gasteiger partial charge is 0.143 e. The summed E-state index contributed by atoms with van der Waals surface area (Å²) < 4.78 is 8.32. The SMILES string of the molecule is CC(C1OC1NI)C1(O)CC1. The summed E-state index contributed by atoms with van der Waals surface area (Å²) in [5.41, 5.74) is -0.396. The molecule has 3 nitrogen and oxygen atoms in total. The molecule has 2 fully saturated rings. The minimum absolute atomic E-state index is 0.176. The van der Waals surface area contributed by atoms with Crippen LogP contribution in [-0.4, -0.2) is 23.0 Å². The maximum absolute atomic E-state index is 9.71. The van der Waals surface area contributed by atoms with E-state index >= 15 is 0 Å². The molecule has 4 heteroatoms. The minimum atomic E-state index is -0.396. The fourth-order valence-electron chi connectivity index (χ4n) is 1.48. The van der Waals surface area contributed by atoms with Crippen molar-refractivity contribution in [1.82, 2.24) is 3.53 Å². The maximum atomic E-state index is 9.71. The molecule has 0 bridgehead atoms. The normalized spacial score (nSPS) is 41.7. The van der Waals surface area contributed by atoms with E-state index in [1.165, 1.54) is 0 Å². The van der Waals surface area contributed by atoms with Crippen LogP contribution in [0, 0.1) is 5.92 Å². The fraction of sp³-hybridized carbons (Fsp3) is 1.00. The van der Waals surface area contributed by atoms with Gasteiger partial charge in [0.1, 0.15) is 12.3 Å². The largest absolute Gasteiger partial charge is 0.390 e. The van der Waals surface area contributed by atoms with Gasteiger partial charge in [-0.25, -0.2) is 3.53 Å². The second-order valence-electron chi connectivity index (χ2n) is 3.52. The van der Waals surface area contributed by atoms with Crippen LogP contribution in [0.15, 0.2) is 0 Å². The molecule has 1 saturated heterocycles. The number of ether oxygens (including phenoxy) is 1. The lowest BCUT2D eigenvalue weighted by Gasteiger charge is -2.14. The van der Waals surface area contributed by atoms with Gasteiger partial charge in [0, 0.05) is 28.8 Å². The van der Waals surface area contributed by atoms with Gasteiger partial charge in [-0.05, 0) is 12.8 Å². The van der Waals surface area contributed by atoms with Crippen molar-refractivity contribution >= 4 is 22.9 Å². The van der Waals surface area contributed by atoms with E-state index in [0.29, 0.717) is 0 Å². The molecular weight excluding hydrogens is 257 g/mol. The number of nitrogens with one attached hydrogen (secondary N) is 1. The van der Waals surface area contributed by atoms with E-state index in [9.17, 15) is 5.11 Å². The Morgan fingerprint density at radius 1 is 1.73 bits per heavy atom. The molecule has 3 unspecified atom stereocenters. The van der Waals surface area contributed by atoms with Gasteiger partial charge in [0.2, 0.25) is 0 Å². The predicted molar refractivity (Wildman–Crippen MR) is 49.2 cm³/mol. The van der Waals surface area contributed by atoms with Crippen LogP contribution in [0.25, 0.3) is 0 Å². The molecule has 0 aromatic rings. The highest BCUT2D eigenvalue weighted by Crippen LogP contribution is 2.48. The van der Waals surface area contributed by atoms with Gasteiger partial charge in [-0.3, -0.25) is 0 Å². The number of aliphatic hydroxyl groups is 1. The molecule has 1 aliphatic carbocycles. The minimum Gasteiger partial charge on any atom is -0.390 e. The Morgan fingerprint density at radius 3 is 2.73 bits per heavy atom. The van der Waals surface area contributed by atoms with Crippen LogP contribution in [0.4, 0.5) is 0 Å². The Bertz CT molecular complexity index is 172. The van der Waals surface area contributed by atoms with Crippen LogP contribution in [0.5, 0.6) is 0 Å². The summed E-state index contributed by atoms with van der Waals surface area (Å²) in [6, 6.07) is 0. The quantitative estimate of drug-likeness (QED) is 0.453. The summed E-state index contributed by atoms with van der Waals surface area (Å²) in [5, 5.41) is 9.71. The predicted octanol–water partition coefficient (Wildman–Crippen LogP) is 0.812. The molecule has 1 heterocycles. The average Bonchev–Trinajstić information content (AvgIpc) is 2.82. The molecule has 2 N–H and O–H groups in total. The Hall–Kier alpha value is 0.610. The zero-order valence-corrected chi connectivity index (χ0v) is 8.54. The van der Waals surface area contributed by atoms with Gasteiger partial charge in [0.25, 0.3) is 0 Å². The van der Waals surface area contributed by atoms with Gasteiger partial charge in [-0.1, -0.05) is 6.92 Å². The third-order valence-corrected chi connectivity index (χ3v) is 3.35. The van der Waals surface area contributed by atoms with E-state index in [1.807, 2.05) is 0 Å². The van der Waals surface area contributed by atoms with E-state index in [2.05, 4.69) is 33.3 Å². The van der Waals surface area contributed by atoms with Gasteiger partial charge in [-0.15, -0.1) is 0 Å². The number of rotatable bonds is 3. The van der Waals surface area contributed by atoms with Gasteiger partial charge < -0.3 is 9.84 Å². The van der Waals surface area contributed by atoms with Crippen molar-refractivity contribution in [2.24, 2.45) is 5.92 Å². The Labute approximate surface area is 80.0 Å². The highest BCUT2D eigenvalue weighted by Gasteiger charge is 2.56. The van der Waals surface area contributed by atoms with E-state index in [-0.39, 0.29) is 18.2 Å². The van der Waals surface area contributed by atoms with E-state index in [1.54, 1.807) is 0 Å². The number of hydrogen-bond acceptors (Lipinski definition) is 3. The summed E-state index contributed by atoms with van der Waals surface area (Å²) in [5.74, 6) is 0.287. The van der Waals surface area contributed by atoms with E-state index in [4.69, 9.17) is 4.74 Å². The van der Waals surface area contributed by atoms with Gasteiger partial charge >= 0.3 is 0 Å². The number of hydrogen-bond donors (Lipinski definition) is 2. The number of epoxide rings is 1. The summed E-state index contributed by atoms with van der Waals surface area (Å²) >= 11 is 2.08. The second kappa shape index (κ2) is 2.55. The van der Waals surface area contributed by atoms with E-state index in [0.717, 1.165) is 12.8 Å². The lowest BCUT2D eigenvalue weighted by atomic mass is 9.99. The molecule has 1 saturated carbocycles. The number of halogens is 1. The highest BCUT2D eigenvalue weighted by molar-refractivity contribution is 14.1. The van der Waals surface area contributed by atoms with Crippen molar-refractivity contribution < 1.29 is 9.84 Å². The third kappa shape index (κ3) is 1.41. The maximum Gasteiger partial charge on any atom is 0.143 e. The molecule has 2 rings (SSSR count). The molecule has 0 radical (unpaired) electrons. The lowest BCUT2D eigenvalue weighted by molar-refractivity contribution is 0.0746. The first kappa shape index (κ1) is 8.22. The third-order valence-electron chi connectivity index (χ3n) is 2.74. The topological polar surface area (TPSA) is 44.8 Å². The summed E-state index contributed by atoms with van der Waals surface area (Å²) in [6.45, 7) is 2.06. The van der Waals surface area contributed by atoms with E-state index < -0.39 is 5.60 Å². The molecule has 0 spiro atoms. The molecule has 11 heavy (non-hydrogen) atoms. The van der Waals surface area contributed by atoms with Crippen LogP contribution in [0.2, 0.25) is 0 Å². The highest BCUT2D eigenvalue weighted by atomic mass is 127. The van der Waals surface area contributed by atoms with Crippen LogP contribution in [0.1, 0.15) is 19.8 Å². The Morgan fingerprint density at radius 2 is 2.36 bits per heavy atom. The molecule has 0 aromatic carbocycles. The Kier molecular flexibility index (Phi) is 1.90. The fourth-order valence-corrected chi connectivity index (χ4v) is 1.98. The van der Waals surface area contributed by atoms with Crippen LogP contribution in [-0.2, 0) is 4.74 Å². The molecule has 1 aliphatic heterocycles. The van der Waals surface area contributed by atoms with Crippen molar-refractivity contribution in [1.29, 1.82) is 0 Å². The zero-order valence-electron chi connectivity index (χ0n) is 6.38. The molecule has 64 valence electrons. The average molecular weight is 269 g/mol. The molecule has 0 amide bonds.